The number of aromatic nitrogens is 1. The number of pyridine rings is 1. The molecule has 0 saturated carbocycles. The number of hydrogen-bond donors (Lipinski definition) is 0. The summed E-state index contributed by atoms with van der Waals surface area (Å²) in [7, 11) is -4.55. The first-order valence-electron chi connectivity index (χ1n) is 14.7. The van der Waals surface area contributed by atoms with Crippen LogP contribution in [-0.4, -0.2) is 37.1 Å². The van der Waals surface area contributed by atoms with Crippen LogP contribution in [0.1, 0.15) is 59.8 Å². The lowest BCUT2D eigenvalue weighted by Crippen LogP contribution is -2.29. The maximum absolute atomic E-state index is 13.6. The van der Waals surface area contributed by atoms with Crippen LogP contribution in [0.4, 0.5) is 17.6 Å². The molecule has 248 valence electrons. The molecule has 0 N–H and O–H groups in total. The average molecular weight is 671 g/mol. The van der Waals surface area contributed by atoms with Gasteiger partial charge in [0.2, 0.25) is 0 Å². The van der Waals surface area contributed by atoms with Gasteiger partial charge in [0.1, 0.15) is 17.4 Å². The molecule has 1 unspecified atom stereocenters. The molecular formula is C35H34F4N2O5S. The SMILES string of the molecule is C/C=C(\C/C=C\CC)C(Oc1c(C=O)c(CN(C)Cc2ccc(F)cc2)c(OS(=O)(=O)C(F)(F)F)c2cccnc12)c1ccccc1. The van der Waals surface area contributed by atoms with E-state index in [2.05, 4.69) is 4.98 Å². The molecule has 0 radical (unpaired) electrons. The van der Waals surface area contributed by atoms with Crippen molar-refractivity contribution >= 4 is 27.3 Å². The van der Waals surface area contributed by atoms with Gasteiger partial charge in [0, 0.05) is 30.2 Å². The van der Waals surface area contributed by atoms with E-state index in [1.54, 1.807) is 11.9 Å². The monoisotopic (exact) mass is 670 g/mol. The lowest BCUT2D eigenvalue weighted by Gasteiger charge is -2.27. The Labute approximate surface area is 271 Å². The molecule has 7 nitrogen and oxygen atoms in total. The van der Waals surface area contributed by atoms with Crippen molar-refractivity contribution in [3.05, 3.63) is 125 Å². The largest absolute Gasteiger partial charge is 0.534 e. The molecule has 0 aliphatic heterocycles. The van der Waals surface area contributed by atoms with Crippen molar-refractivity contribution in [2.75, 3.05) is 7.05 Å². The number of rotatable bonds is 14. The van der Waals surface area contributed by atoms with Crippen LogP contribution in [0.15, 0.2) is 96.7 Å². The highest BCUT2D eigenvalue weighted by Gasteiger charge is 2.49. The molecule has 0 aliphatic carbocycles. The highest BCUT2D eigenvalue weighted by atomic mass is 32.2. The van der Waals surface area contributed by atoms with Gasteiger partial charge in [-0.2, -0.15) is 21.6 Å². The van der Waals surface area contributed by atoms with E-state index in [0.717, 1.165) is 17.6 Å². The fourth-order valence-corrected chi connectivity index (χ4v) is 5.57. The molecule has 1 aromatic heterocycles. The first-order chi connectivity index (χ1) is 22.4. The van der Waals surface area contributed by atoms with Crippen LogP contribution in [-0.2, 0) is 23.2 Å². The van der Waals surface area contributed by atoms with Crippen molar-refractivity contribution in [2.45, 2.75) is 51.4 Å². The number of aldehydes is 1. The van der Waals surface area contributed by atoms with E-state index in [1.165, 1.54) is 42.6 Å². The summed E-state index contributed by atoms with van der Waals surface area (Å²) in [5, 5.41) is -0.106. The molecule has 0 amide bonds. The minimum absolute atomic E-state index is 0.0507. The number of fused-ring (bicyclic) bond motifs is 1. The predicted molar refractivity (Wildman–Crippen MR) is 172 cm³/mol. The van der Waals surface area contributed by atoms with Gasteiger partial charge in [0.15, 0.2) is 17.8 Å². The Bertz CT molecular complexity index is 1860. The zero-order chi connectivity index (χ0) is 34.2. The Hall–Kier alpha value is -4.55. The molecule has 0 aliphatic rings. The van der Waals surface area contributed by atoms with Crippen LogP contribution in [0.5, 0.6) is 11.5 Å². The molecule has 4 rings (SSSR count). The molecule has 0 bridgehead atoms. The van der Waals surface area contributed by atoms with Gasteiger partial charge in [0.05, 0.1) is 5.56 Å². The molecule has 12 heteroatoms. The second kappa shape index (κ2) is 15.4. The number of nitrogens with zero attached hydrogens (tertiary/aromatic N) is 2. The van der Waals surface area contributed by atoms with Gasteiger partial charge in [-0.25, -0.2) is 4.39 Å². The third-order valence-electron chi connectivity index (χ3n) is 7.30. The van der Waals surface area contributed by atoms with Crippen molar-refractivity contribution < 1.29 is 39.7 Å². The highest BCUT2D eigenvalue weighted by molar-refractivity contribution is 7.88. The van der Waals surface area contributed by atoms with Crippen LogP contribution in [0.2, 0.25) is 0 Å². The van der Waals surface area contributed by atoms with E-state index in [0.29, 0.717) is 18.3 Å². The standard InChI is InChI=1S/C35H34F4N2O5S/c1-4-6-8-12-25(5-2)32(26-13-9-7-10-14-26)45-34-30(23-42)29(22-41(3)21-24-16-18-27(36)19-17-24)33(28-15-11-20-40-31(28)34)46-47(43,44)35(37,38)39/h5-11,13-20,23,32H,4,12,21-22H2,1-3H3/b8-6-,25-5+. The number of alkyl halides is 3. The molecule has 47 heavy (non-hydrogen) atoms. The fraction of sp³-hybridized carbons (Fsp3) is 0.257. The third kappa shape index (κ3) is 8.44. The Morgan fingerprint density at radius 2 is 1.68 bits per heavy atom. The number of hydrogen-bond acceptors (Lipinski definition) is 7. The zero-order valence-corrected chi connectivity index (χ0v) is 26.8. The summed E-state index contributed by atoms with van der Waals surface area (Å²) in [6.07, 6.45) is 8.19. The summed E-state index contributed by atoms with van der Waals surface area (Å²) >= 11 is 0. The van der Waals surface area contributed by atoms with Crippen LogP contribution < -0.4 is 8.92 Å². The summed E-state index contributed by atoms with van der Waals surface area (Å²) in [5.74, 6) is -1.19. The number of benzene rings is 3. The lowest BCUT2D eigenvalue weighted by atomic mass is 9.96. The van der Waals surface area contributed by atoms with Crippen LogP contribution in [0.25, 0.3) is 10.9 Å². The van der Waals surface area contributed by atoms with Gasteiger partial charge >= 0.3 is 15.6 Å². The molecular weight excluding hydrogens is 636 g/mol. The lowest BCUT2D eigenvalue weighted by molar-refractivity contribution is -0.0499. The molecule has 0 fully saturated rings. The van der Waals surface area contributed by atoms with E-state index in [1.807, 2.05) is 62.4 Å². The quantitative estimate of drug-likeness (QED) is 0.0438. The van der Waals surface area contributed by atoms with Crippen LogP contribution in [0, 0.1) is 5.82 Å². The summed E-state index contributed by atoms with van der Waals surface area (Å²) < 4.78 is 90.6. The number of allylic oxidation sites excluding steroid dienone is 3. The summed E-state index contributed by atoms with van der Waals surface area (Å²) in [5.41, 5.74) is -3.97. The smallest absolute Gasteiger partial charge is 0.478 e. The van der Waals surface area contributed by atoms with Crippen molar-refractivity contribution in [3.63, 3.8) is 0 Å². The summed E-state index contributed by atoms with van der Waals surface area (Å²) in [6, 6.07) is 17.5. The predicted octanol–water partition coefficient (Wildman–Crippen LogP) is 8.47. The van der Waals surface area contributed by atoms with Gasteiger partial charge in [-0.3, -0.25) is 14.7 Å². The molecule has 4 aromatic rings. The summed E-state index contributed by atoms with van der Waals surface area (Å²) in [6.45, 7) is 3.77. The van der Waals surface area contributed by atoms with Crippen molar-refractivity contribution in [1.82, 2.24) is 9.88 Å². The Kier molecular flexibility index (Phi) is 11.5. The van der Waals surface area contributed by atoms with Crippen molar-refractivity contribution in [3.8, 4) is 11.5 Å². The number of halogens is 4. The molecule has 1 heterocycles. The Balaban J connectivity index is 1.96. The third-order valence-corrected chi connectivity index (χ3v) is 8.25. The van der Waals surface area contributed by atoms with Gasteiger partial charge < -0.3 is 8.92 Å². The van der Waals surface area contributed by atoms with E-state index in [4.69, 9.17) is 8.92 Å². The second-order valence-electron chi connectivity index (χ2n) is 10.7. The molecule has 0 spiro atoms. The maximum Gasteiger partial charge on any atom is 0.534 e. The number of ether oxygens (including phenoxy) is 1. The minimum Gasteiger partial charge on any atom is -0.478 e. The fourth-order valence-electron chi connectivity index (χ4n) is 5.07. The van der Waals surface area contributed by atoms with E-state index >= 15 is 0 Å². The second-order valence-corrected chi connectivity index (χ2v) is 12.2. The van der Waals surface area contributed by atoms with Crippen LogP contribution >= 0.6 is 0 Å². The van der Waals surface area contributed by atoms with Gasteiger partial charge in [-0.1, -0.05) is 67.6 Å². The summed E-state index contributed by atoms with van der Waals surface area (Å²) in [4.78, 5) is 18.9. The van der Waals surface area contributed by atoms with Crippen molar-refractivity contribution in [1.29, 1.82) is 0 Å². The molecule has 3 aromatic carbocycles. The number of carbonyl (C=O) groups excluding carboxylic acids is 1. The number of carbonyl (C=O) groups is 1. The first kappa shape index (κ1) is 35.3. The first-order valence-corrected chi connectivity index (χ1v) is 16.1. The van der Waals surface area contributed by atoms with Gasteiger partial charge in [-0.05, 0) is 67.8 Å². The Morgan fingerprint density at radius 1 is 0.979 bits per heavy atom. The van der Waals surface area contributed by atoms with Crippen LogP contribution in [0.3, 0.4) is 0 Å². The molecule has 0 saturated heterocycles. The Morgan fingerprint density at radius 3 is 2.30 bits per heavy atom. The average Bonchev–Trinajstić information content (AvgIpc) is 3.04. The maximum atomic E-state index is 13.6. The van der Waals surface area contributed by atoms with E-state index in [-0.39, 0.29) is 40.9 Å². The van der Waals surface area contributed by atoms with Crippen molar-refractivity contribution in [2.24, 2.45) is 0 Å². The minimum atomic E-state index is -6.16. The van der Waals surface area contributed by atoms with E-state index < -0.39 is 33.3 Å². The highest BCUT2D eigenvalue weighted by Crippen LogP contribution is 2.44. The van der Waals surface area contributed by atoms with Gasteiger partial charge in [0.25, 0.3) is 0 Å². The van der Waals surface area contributed by atoms with Gasteiger partial charge in [-0.15, -0.1) is 0 Å². The normalized spacial score (nSPS) is 13.3. The zero-order valence-electron chi connectivity index (χ0n) is 26.0. The topological polar surface area (TPSA) is 85.8 Å². The van der Waals surface area contributed by atoms with E-state index in [9.17, 15) is 30.8 Å². The molecule has 1 atom stereocenters.